The van der Waals surface area contributed by atoms with Gasteiger partial charge in [-0.05, 0) is 43.0 Å². The molecule has 0 spiro atoms. The Morgan fingerprint density at radius 3 is 2.50 bits per heavy atom. The monoisotopic (exact) mass is 314 g/mol. The second-order valence-electron chi connectivity index (χ2n) is 4.80. The molecule has 0 saturated heterocycles. The van der Waals surface area contributed by atoms with Gasteiger partial charge in [-0.1, -0.05) is 6.07 Å². The zero-order valence-electron chi connectivity index (χ0n) is 11.2. The van der Waals surface area contributed by atoms with Gasteiger partial charge in [0.15, 0.2) is 0 Å². The van der Waals surface area contributed by atoms with Gasteiger partial charge in [0.2, 0.25) is 0 Å². The molecule has 5 nitrogen and oxygen atoms in total. The average molecular weight is 314 g/mol. The highest BCUT2D eigenvalue weighted by molar-refractivity contribution is 7.87. The molecular weight excluding hydrogens is 300 g/mol. The second kappa shape index (κ2) is 4.83. The average Bonchev–Trinajstić information content (AvgIpc) is 2.81. The minimum Gasteiger partial charge on any atom is -0.477 e. The topological polar surface area (TPSA) is 80.7 Å². The fourth-order valence-electron chi connectivity index (χ4n) is 1.88. The van der Waals surface area contributed by atoms with Crippen LogP contribution in [0.5, 0.6) is 0 Å². The highest BCUT2D eigenvalue weighted by atomic mass is 32.2. The molecule has 2 rings (SSSR count). The van der Waals surface area contributed by atoms with Crippen molar-refractivity contribution in [2.75, 3.05) is 7.11 Å². The van der Waals surface area contributed by atoms with E-state index in [4.69, 9.17) is 5.11 Å². The molecule has 20 heavy (non-hydrogen) atoms. The summed E-state index contributed by atoms with van der Waals surface area (Å²) >= 11 is 1.16. The van der Waals surface area contributed by atoms with Crippen LogP contribution in [0.15, 0.2) is 24.3 Å². The molecule has 1 aromatic carbocycles. The lowest BCUT2D eigenvalue weighted by molar-refractivity contribution is 0.0702. The first-order valence-electron chi connectivity index (χ1n) is 5.76. The number of thiophene rings is 1. The van der Waals surface area contributed by atoms with Crippen LogP contribution in [0.1, 0.15) is 29.1 Å². The Labute approximate surface area is 120 Å². The minimum absolute atomic E-state index is 0.226. The van der Waals surface area contributed by atoms with Crippen LogP contribution in [0.25, 0.3) is 10.1 Å². The summed E-state index contributed by atoms with van der Waals surface area (Å²) in [6.07, 6.45) is 0. The zero-order valence-corrected chi connectivity index (χ0v) is 12.8. The van der Waals surface area contributed by atoms with E-state index in [2.05, 4.69) is 4.18 Å². The summed E-state index contributed by atoms with van der Waals surface area (Å²) in [5.41, 5.74) is 0.557. The predicted octanol–water partition coefficient (Wildman–Crippen LogP) is 2.81. The van der Waals surface area contributed by atoms with E-state index in [1.807, 2.05) is 0 Å². The minimum atomic E-state index is -3.74. The summed E-state index contributed by atoms with van der Waals surface area (Å²) in [5.74, 6) is -0.989. The lowest BCUT2D eigenvalue weighted by Crippen LogP contribution is -2.30. The SMILES string of the molecule is COS(=O)(=O)C(C)(C)c1ccc2sc(C(=O)O)cc2c1. The Balaban J connectivity index is 2.59. The van der Waals surface area contributed by atoms with Crippen LogP contribution in [-0.2, 0) is 19.0 Å². The highest BCUT2D eigenvalue weighted by Crippen LogP contribution is 2.34. The summed E-state index contributed by atoms with van der Waals surface area (Å²) < 4.78 is 28.1. The van der Waals surface area contributed by atoms with Crippen molar-refractivity contribution in [1.29, 1.82) is 0 Å². The van der Waals surface area contributed by atoms with Gasteiger partial charge in [0.25, 0.3) is 10.1 Å². The summed E-state index contributed by atoms with van der Waals surface area (Å²) in [7, 11) is -2.61. The largest absolute Gasteiger partial charge is 0.477 e. The predicted molar refractivity (Wildman–Crippen MR) is 77.7 cm³/mol. The molecule has 0 radical (unpaired) electrons. The van der Waals surface area contributed by atoms with Crippen molar-refractivity contribution in [2.45, 2.75) is 18.6 Å². The summed E-state index contributed by atoms with van der Waals surface area (Å²) in [4.78, 5) is 11.2. The van der Waals surface area contributed by atoms with Gasteiger partial charge in [-0.15, -0.1) is 11.3 Å². The van der Waals surface area contributed by atoms with Crippen LogP contribution in [0.3, 0.4) is 0 Å². The van der Waals surface area contributed by atoms with E-state index < -0.39 is 20.8 Å². The molecule has 108 valence electrons. The molecule has 0 unspecified atom stereocenters. The van der Waals surface area contributed by atoms with Crippen LogP contribution in [0.4, 0.5) is 0 Å². The normalized spacial score (nSPS) is 12.8. The van der Waals surface area contributed by atoms with E-state index in [-0.39, 0.29) is 4.88 Å². The third kappa shape index (κ3) is 2.32. The Hall–Kier alpha value is -1.44. The van der Waals surface area contributed by atoms with Crippen molar-refractivity contribution < 1.29 is 22.5 Å². The van der Waals surface area contributed by atoms with Gasteiger partial charge in [-0.25, -0.2) is 4.79 Å². The van der Waals surface area contributed by atoms with Gasteiger partial charge in [-0.2, -0.15) is 8.42 Å². The maximum absolute atomic E-state index is 12.0. The summed E-state index contributed by atoms with van der Waals surface area (Å²) in [6, 6.07) is 6.64. The number of carboxylic acids is 1. The van der Waals surface area contributed by atoms with Crippen molar-refractivity contribution >= 4 is 37.5 Å². The van der Waals surface area contributed by atoms with Crippen molar-refractivity contribution in [3.8, 4) is 0 Å². The summed E-state index contributed by atoms with van der Waals surface area (Å²) in [5, 5.41) is 9.69. The molecule has 2 aromatic rings. The van der Waals surface area contributed by atoms with Gasteiger partial charge in [-0.3, -0.25) is 4.18 Å². The van der Waals surface area contributed by atoms with Gasteiger partial charge >= 0.3 is 5.97 Å². The van der Waals surface area contributed by atoms with E-state index in [0.29, 0.717) is 10.9 Å². The molecule has 0 amide bonds. The number of aromatic carboxylic acids is 1. The number of benzene rings is 1. The van der Waals surface area contributed by atoms with E-state index in [9.17, 15) is 13.2 Å². The quantitative estimate of drug-likeness (QED) is 0.878. The fourth-order valence-corrected chi connectivity index (χ4v) is 3.59. The highest BCUT2D eigenvalue weighted by Gasteiger charge is 2.36. The Kier molecular flexibility index (Phi) is 3.62. The number of rotatable bonds is 4. The number of hydrogen-bond acceptors (Lipinski definition) is 5. The molecule has 0 aliphatic rings. The molecule has 0 aliphatic heterocycles. The molecule has 0 atom stereocenters. The van der Waals surface area contributed by atoms with E-state index in [0.717, 1.165) is 23.1 Å². The lowest BCUT2D eigenvalue weighted by atomic mass is 10.0. The number of carbonyl (C=O) groups is 1. The van der Waals surface area contributed by atoms with Crippen LogP contribution in [0.2, 0.25) is 0 Å². The molecule has 1 N–H and O–H groups in total. The first-order valence-corrected chi connectivity index (χ1v) is 7.99. The van der Waals surface area contributed by atoms with E-state index in [1.165, 1.54) is 0 Å². The molecule has 0 saturated carbocycles. The Bertz CT molecular complexity index is 771. The summed E-state index contributed by atoms with van der Waals surface area (Å²) in [6.45, 7) is 3.11. The third-order valence-electron chi connectivity index (χ3n) is 3.27. The Morgan fingerprint density at radius 2 is 1.95 bits per heavy atom. The molecule has 7 heteroatoms. The number of fused-ring (bicyclic) bond motifs is 1. The van der Waals surface area contributed by atoms with Gasteiger partial charge in [0, 0.05) is 4.70 Å². The third-order valence-corrected chi connectivity index (χ3v) is 6.30. The van der Waals surface area contributed by atoms with Gasteiger partial charge in [0.1, 0.15) is 9.62 Å². The Morgan fingerprint density at radius 1 is 1.30 bits per heavy atom. The first-order chi connectivity index (χ1) is 9.19. The molecule has 0 bridgehead atoms. The van der Waals surface area contributed by atoms with Crippen molar-refractivity contribution in [3.05, 3.63) is 34.7 Å². The number of carboxylic acid groups (broad SMARTS) is 1. The number of hydrogen-bond donors (Lipinski definition) is 1. The smallest absolute Gasteiger partial charge is 0.345 e. The molecule has 0 aliphatic carbocycles. The molecule has 1 aromatic heterocycles. The molecule has 0 fully saturated rings. The molecular formula is C13H14O5S2. The molecule has 1 heterocycles. The zero-order chi connectivity index (χ0) is 15.1. The maximum Gasteiger partial charge on any atom is 0.345 e. The van der Waals surface area contributed by atoms with Crippen LogP contribution in [0, 0.1) is 0 Å². The maximum atomic E-state index is 12.0. The first kappa shape index (κ1) is 15.0. The van der Waals surface area contributed by atoms with Crippen molar-refractivity contribution in [3.63, 3.8) is 0 Å². The van der Waals surface area contributed by atoms with Crippen LogP contribution >= 0.6 is 11.3 Å². The van der Waals surface area contributed by atoms with Crippen LogP contribution in [-0.4, -0.2) is 26.6 Å². The standard InChI is InChI=1S/C13H14O5S2/c1-13(2,20(16,17)18-3)9-4-5-10-8(6-9)7-11(19-10)12(14)15/h4-7H,1-3H3,(H,14,15). The van der Waals surface area contributed by atoms with Crippen LogP contribution < -0.4 is 0 Å². The fraction of sp³-hybridized carbons (Fsp3) is 0.308. The second-order valence-corrected chi connectivity index (χ2v) is 8.15. The van der Waals surface area contributed by atoms with E-state index >= 15 is 0 Å². The van der Waals surface area contributed by atoms with Crippen molar-refractivity contribution in [1.82, 2.24) is 0 Å². The lowest BCUT2D eigenvalue weighted by Gasteiger charge is -2.23. The van der Waals surface area contributed by atoms with Gasteiger partial charge in [0.05, 0.1) is 7.11 Å². The van der Waals surface area contributed by atoms with Crippen molar-refractivity contribution in [2.24, 2.45) is 0 Å². The van der Waals surface area contributed by atoms with Gasteiger partial charge < -0.3 is 5.11 Å². The van der Waals surface area contributed by atoms with E-state index in [1.54, 1.807) is 38.1 Å².